The van der Waals surface area contributed by atoms with Gasteiger partial charge in [0.05, 0.1) is 6.61 Å². The molecule has 0 heterocycles. The summed E-state index contributed by atoms with van der Waals surface area (Å²) in [6.45, 7) is 7.41. The van der Waals surface area contributed by atoms with E-state index in [2.05, 4.69) is 26.1 Å². The Balaban J connectivity index is 2.49. The van der Waals surface area contributed by atoms with Crippen molar-refractivity contribution in [3.8, 4) is 0 Å². The van der Waals surface area contributed by atoms with Gasteiger partial charge in [0, 0.05) is 16.1 Å². The van der Waals surface area contributed by atoms with Crippen molar-refractivity contribution in [2.24, 2.45) is 5.41 Å². The Bertz CT molecular complexity index is 381. The molecular formula is C15H23Cl2NO. The second-order valence-corrected chi connectivity index (χ2v) is 6.86. The maximum atomic E-state index is 9.38. The standard InChI is InChI=1S/C15H23Cl2NO/c1-15(2,3)9-11(10-19)18-8-7-12-13(16)5-4-6-14(12)17/h4-6,11,18-19H,7-10H2,1-3H3. The summed E-state index contributed by atoms with van der Waals surface area (Å²) in [5, 5.41) is 14.1. The van der Waals surface area contributed by atoms with Gasteiger partial charge in [-0.05, 0) is 42.5 Å². The van der Waals surface area contributed by atoms with Gasteiger partial charge in [0.2, 0.25) is 0 Å². The van der Waals surface area contributed by atoms with Crippen molar-refractivity contribution in [1.82, 2.24) is 5.32 Å². The molecule has 1 unspecified atom stereocenters. The summed E-state index contributed by atoms with van der Waals surface area (Å²) in [7, 11) is 0. The first-order valence-electron chi connectivity index (χ1n) is 6.60. The van der Waals surface area contributed by atoms with Crippen LogP contribution in [0.2, 0.25) is 10.0 Å². The maximum Gasteiger partial charge on any atom is 0.0584 e. The molecule has 2 nitrogen and oxygen atoms in total. The molecule has 1 rings (SSSR count). The summed E-state index contributed by atoms with van der Waals surface area (Å²) in [5.41, 5.74) is 1.16. The summed E-state index contributed by atoms with van der Waals surface area (Å²) in [5.74, 6) is 0. The van der Waals surface area contributed by atoms with Crippen LogP contribution in [0, 0.1) is 5.41 Å². The number of rotatable bonds is 6. The van der Waals surface area contributed by atoms with E-state index in [0.717, 1.165) is 24.9 Å². The Kier molecular flexibility index (Phi) is 6.61. The molecule has 0 amide bonds. The van der Waals surface area contributed by atoms with E-state index in [1.165, 1.54) is 0 Å². The molecule has 1 atom stereocenters. The fraction of sp³-hybridized carbons (Fsp3) is 0.600. The number of benzene rings is 1. The molecule has 0 radical (unpaired) electrons. The highest BCUT2D eigenvalue weighted by Crippen LogP contribution is 2.24. The Morgan fingerprint density at radius 3 is 2.26 bits per heavy atom. The first-order chi connectivity index (χ1) is 8.83. The number of aliphatic hydroxyl groups is 1. The zero-order chi connectivity index (χ0) is 14.5. The topological polar surface area (TPSA) is 32.3 Å². The van der Waals surface area contributed by atoms with Gasteiger partial charge in [-0.25, -0.2) is 0 Å². The van der Waals surface area contributed by atoms with Crippen molar-refractivity contribution in [1.29, 1.82) is 0 Å². The molecule has 0 aliphatic rings. The molecule has 0 bridgehead atoms. The molecule has 1 aromatic carbocycles. The highest BCUT2D eigenvalue weighted by Gasteiger charge is 2.17. The first kappa shape index (κ1) is 16.8. The van der Waals surface area contributed by atoms with E-state index in [1.54, 1.807) is 0 Å². The number of hydrogen-bond donors (Lipinski definition) is 2. The quantitative estimate of drug-likeness (QED) is 0.835. The van der Waals surface area contributed by atoms with E-state index in [1.807, 2.05) is 18.2 Å². The van der Waals surface area contributed by atoms with Crippen LogP contribution in [0.4, 0.5) is 0 Å². The Labute approximate surface area is 126 Å². The van der Waals surface area contributed by atoms with Gasteiger partial charge >= 0.3 is 0 Å². The highest BCUT2D eigenvalue weighted by atomic mass is 35.5. The predicted molar refractivity (Wildman–Crippen MR) is 83.1 cm³/mol. The lowest BCUT2D eigenvalue weighted by Crippen LogP contribution is -2.37. The minimum absolute atomic E-state index is 0.112. The van der Waals surface area contributed by atoms with Crippen molar-refractivity contribution in [2.45, 2.75) is 39.7 Å². The number of hydrogen-bond acceptors (Lipinski definition) is 2. The molecule has 0 saturated heterocycles. The molecule has 108 valence electrons. The third-order valence-electron chi connectivity index (χ3n) is 2.95. The number of halogens is 2. The van der Waals surface area contributed by atoms with Crippen LogP contribution in [0.5, 0.6) is 0 Å². The van der Waals surface area contributed by atoms with Crippen LogP contribution in [-0.4, -0.2) is 24.3 Å². The van der Waals surface area contributed by atoms with Gasteiger partial charge < -0.3 is 10.4 Å². The minimum Gasteiger partial charge on any atom is -0.395 e. The van der Waals surface area contributed by atoms with Crippen molar-refractivity contribution >= 4 is 23.2 Å². The summed E-state index contributed by atoms with van der Waals surface area (Å²) in [6, 6.07) is 5.65. The lowest BCUT2D eigenvalue weighted by molar-refractivity contribution is 0.199. The van der Waals surface area contributed by atoms with Gasteiger partial charge in [-0.15, -0.1) is 0 Å². The van der Waals surface area contributed by atoms with Crippen LogP contribution >= 0.6 is 23.2 Å². The Morgan fingerprint density at radius 2 is 1.79 bits per heavy atom. The molecule has 0 fully saturated rings. The van der Waals surface area contributed by atoms with E-state index in [9.17, 15) is 5.11 Å². The summed E-state index contributed by atoms with van der Waals surface area (Å²) in [4.78, 5) is 0. The van der Waals surface area contributed by atoms with Crippen molar-refractivity contribution < 1.29 is 5.11 Å². The second-order valence-electron chi connectivity index (χ2n) is 6.05. The fourth-order valence-electron chi connectivity index (χ4n) is 2.11. The summed E-state index contributed by atoms with van der Waals surface area (Å²) >= 11 is 12.2. The molecule has 4 heteroatoms. The second kappa shape index (κ2) is 7.49. The molecule has 0 saturated carbocycles. The van der Waals surface area contributed by atoms with E-state index in [4.69, 9.17) is 23.2 Å². The lowest BCUT2D eigenvalue weighted by Gasteiger charge is -2.25. The normalized spacial score (nSPS) is 13.6. The van der Waals surface area contributed by atoms with Crippen LogP contribution in [0.25, 0.3) is 0 Å². The molecule has 0 aliphatic heterocycles. The van der Waals surface area contributed by atoms with E-state index < -0.39 is 0 Å². The monoisotopic (exact) mass is 303 g/mol. The molecule has 0 aliphatic carbocycles. The third-order valence-corrected chi connectivity index (χ3v) is 3.66. The fourth-order valence-corrected chi connectivity index (χ4v) is 2.70. The first-order valence-corrected chi connectivity index (χ1v) is 7.36. The van der Waals surface area contributed by atoms with Gasteiger partial charge in [0.15, 0.2) is 0 Å². The Morgan fingerprint density at radius 1 is 1.21 bits per heavy atom. The minimum atomic E-state index is 0.112. The lowest BCUT2D eigenvalue weighted by atomic mass is 9.88. The van der Waals surface area contributed by atoms with Crippen LogP contribution in [0.3, 0.4) is 0 Å². The maximum absolute atomic E-state index is 9.38. The molecule has 1 aromatic rings. The SMILES string of the molecule is CC(C)(C)CC(CO)NCCc1c(Cl)cccc1Cl. The smallest absolute Gasteiger partial charge is 0.0584 e. The number of nitrogens with one attached hydrogen (secondary N) is 1. The van der Waals surface area contributed by atoms with Crippen LogP contribution in [0.15, 0.2) is 18.2 Å². The highest BCUT2D eigenvalue weighted by molar-refractivity contribution is 6.35. The summed E-state index contributed by atoms with van der Waals surface area (Å²) < 4.78 is 0. The molecular weight excluding hydrogens is 281 g/mol. The third kappa shape index (κ3) is 6.13. The summed E-state index contributed by atoms with van der Waals surface area (Å²) in [6.07, 6.45) is 1.69. The zero-order valence-electron chi connectivity index (χ0n) is 11.8. The zero-order valence-corrected chi connectivity index (χ0v) is 13.4. The van der Waals surface area contributed by atoms with Crippen molar-refractivity contribution in [2.75, 3.05) is 13.2 Å². The van der Waals surface area contributed by atoms with Crippen LogP contribution in [-0.2, 0) is 6.42 Å². The van der Waals surface area contributed by atoms with Crippen molar-refractivity contribution in [3.63, 3.8) is 0 Å². The van der Waals surface area contributed by atoms with Gasteiger partial charge in [-0.3, -0.25) is 0 Å². The van der Waals surface area contributed by atoms with Gasteiger partial charge in [0.1, 0.15) is 0 Å². The average Bonchev–Trinajstić information content (AvgIpc) is 2.30. The van der Waals surface area contributed by atoms with Crippen LogP contribution in [0.1, 0.15) is 32.8 Å². The van der Waals surface area contributed by atoms with E-state index in [-0.39, 0.29) is 18.1 Å². The predicted octanol–water partition coefficient (Wildman–Crippen LogP) is 3.92. The van der Waals surface area contributed by atoms with Crippen LogP contribution < -0.4 is 5.32 Å². The van der Waals surface area contributed by atoms with E-state index in [0.29, 0.717) is 10.0 Å². The number of aliphatic hydroxyl groups excluding tert-OH is 1. The van der Waals surface area contributed by atoms with Gasteiger partial charge in [-0.2, -0.15) is 0 Å². The molecule has 0 spiro atoms. The van der Waals surface area contributed by atoms with Gasteiger partial charge in [-0.1, -0.05) is 50.0 Å². The molecule has 0 aromatic heterocycles. The largest absolute Gasteiger partial charge is 0.395 e. The average molecular weight is 304 g/mol. The van der Waals surface area contributed by atoms with Gasteiger partial charge in [0.25, 0.3) is 0 Å². The Hall–Kier alpha value is -0.280. The molecule has 2 N–H and O–H groups in total. The molecule has 19 heavy (non-hydrogen) atoms. The van der Waals surface area contributed by atoms with Crippen molar-refractivity contribution in [3.05, 3.63) is 33.8 Å². The van der Waals surface area contributed by atoms with E-state index >= 15 is 0 Å².